The molecule has 0 unspecified atom stereocenters. The molecule has 1 aliphatic carbocycles. The van der Waals surface area contributed by atoms with E-state index >= 15 is 0 Å². The molecule has 2 aromatic carbocycles. The van der Waals surface area contributed by atoms with Crippen molar-refractivity contribution < 1.29 is 0 Å². The average molecular weight is 277 g/mol. The molecule has 108 valence electrons. The van der Waals surface area contributed by atoms with Gasteiger partial charge in [-0.1, -0.05) is 55.0 Å². The summed E-state index contributed by atoms with van der Waals surface area (Å²) in [7, 11) is 0. The van der Waals surface area contributed by atoms with Gasteiger partial charge in [-0.05, 0) is 48.3 Å². The Balaban J connectivity index is 1.61. The highest BCUT2D eigenvalue weighted by Gasteiger charge is 2.33. The first-order valence-electron chi connectivity index (χ1n) is 8.29. The molecule has 21 heavy (non-hydrogen) atoms. The van der Waals surface area contributed by atoms with Crippen LogP contribution < -0.4 is 4.90 Å². The molecule has 1 heterocycles. The molecule has 1 saturated carbocycles. The van der Waals surface area contributed by atoms with Gasteiger partial charge in [-0.2, -0.15) is 0 Å². The van der Waals surface area contributed by atoms with E-state index < -0.39 is 0 Å². The van der Waals surface area contributed by atoms with Gasteiger partial charge in [0.05, 0.1) is 0 Å². The summed E-state index contributed by atoms with van der Waals surface area (Å²) in [6.07, 6.45) is 5.65. The van der Waals surface area contributed by atoms with E-state index in [-0.39, 0.29) is 0 Å². The predicted molar refractivity (Wildman–Crippen MR) is 88.6 cm³/mol. The minimum Gasteiger partial charge on any atom is -0.367 e. The molecule has 1 heteroatoms. The fraction of sp³-hybridized carbons (Fsp3) is 0.400. The number of para-hydroxylation sites is 1. The number of rotatable bonds is 3. The lowest BCUT2D eigenvalue weighted by Gasteiger charge is -2.42. The van der Waals surface area contributed by atoms with Gasteiger partial charge in [-0.25, -0.2) is 0 Å². The second kappa shape index (κ2) is 5.55. The lowest BCUT2D eigenvalue weighted by atomic mass is 9.70. The Kier molecular flexibility index (Phi) is 3.42. The Hall–Kier alpha value is -1.76. The van der Waals surface area contributed by atoms with Crippen LogP contribution in [0.5, 0.6) is 0 Å². The second-order valence-electron chi connectivity index (χ2n) is 6.55. The number of nitrogens with zero attached hydrogens (tertiary/aromatic N) is 1. The zero-order valence-electron chi connectivity index (χ0n) is 12.5. The van der Waals surface area contributed by atoms with Crippen LogP contribution in [0.4, 0.5) is 5.69 Å². The fourth-order valence-corrected chi connectivity index (χ4v) is 3.96. The molecule has 0 radical (unpaired) electrons. The largest absolute Gasteiger partial charge is 0.367 e. The summed E-state index contributed by atoms with van der Waals surface area (Å²) < 4.78 is 0. The van der Waals surface area contributed by atoms with Gasteiger partial charge >= 0.3 is 0 Å². The molecule has 2 aromatic rings. The molecule has 0 N–H and O–H groups in total. The summed E-state index contributed by atoms with van der Waals surface area (Å²) in [5.41, 5.74) is 4.49. The molecule has 2 aliphatic rings. The van der Waals surface area contributed by atoms with Gasteiger partial charge in [0.2, 0.25) is 0 Å². The number of benzene rings is 2. The van der Waals surface area contributed by atoms with Crippen molar-refractivity contribution in [1.29, 1.82) is 0 Å². The first-order valence-corrected chi connectivity index (χ1v) is 8.29. The summed E-state index contributed by atoms with van der Waals surface area (Å²) in [4.78, 5) is 2.57. The SMILES string of the molecule is c1ccc(CN2CC[C@@H](C3CCC3)c3ccccc32)cc1. The molecule has 4 rings (SSSR count). The van der Waals surface area contributed by atoms with Crippen LogP contribution in [0.3, 0.4) is 0 Å². The number of hydrogen-bond acceptors (Lipinski definition) is 1. The van der Waals surface area contributed by atoms with E-state index in [0.29, 0.717) is 0 Å². The first-order chi connectivity index (χ1) is 10.4. The Morgan fingerprint density at radius 1 is 0.857 bits per heavy atom. The van der Waals surface area contributed by atoms with Gasteiger partial charge in [0, 0.05) is 18.8 Å². The third kappa shape index (κ3) is 2.46. The predicted octanol–water partition coefficient (Wildman–Crippen LogP) is 4.98. The van der Waals surface area contributed by atoms with E-state index in [9.17, 15) is 0 Å². The molecule has 0 saturated heterocycles. The molecule has 0 amide bonds. The summed E-state index contributed by atoms with van der Waals surface area (Å²) in [5.74, 6) is 1.76. The van der Waals surface area contributed by atoms with Crippen LogP contribution in [-0.4, -0.2) is 6.54 Å². The summed E-state index contributed by atoms with van der Waals surface area (Å²) in [5, 5.41) is 0. The van der Waals surface area contributed by atoms with Crippen LogP contribution in [0.2, 0.25) is 0 Å². The lowest BCUT2D eigenvalue weighted by molar-refractivity contribution is 0.248. The molecule has 1 atom stereocenters. The van der Waals surface area contributed by atoms with Gasteiger partial charge in [-0.3, -0.25) is 0 Å². The van der Waals surface area contributed by atoms with Crippen molar-refractivity contribution in [2.45, 2.75) is 38.1 Å². The van der Waals surface area contributed by atoms with E-state index in [4.69, 9.17) is 0 Å². The maximum Gasteiger partial charge on any atom is 0.0429 e. The van der Waals surface area contributed by atoms with Crippen molar-refractivity contribution in [3.8, 4) is 0 Å². The van der Waals surface area contributed by atoms with E-state index in [1.807, 2.05) is 0 Å². The highest BCUT2D eigenvalue weighted by Crippen LogP contribution is 2.46. The maximum atomic E-state index is 2.57. The minimum atomic E-state index is 0.807. The zero-order chi connectivity index (χ0) is 14.1. The molecule has 1 nitrogen and oxygen atoms in total. The highest BCUT2D eigenvalue weighted by molar-refractivity contribution is 5.57. The molecule has 1 aliphatic heterocycles. The van der Waals surface area contributed by atoms with Crippen molar-refractivity contribution >= 4 is 5.69 Å². The smallest absolute Gasteiger partial charge is 0.0429 e. The monoisotopic (exact) mass is 277 g/mol. The van der Waals surface area contributed by atoms with E-state index in [1.165, 1.54) is 43.5 Å². The topological polar surface area (TPSA) is 3.24 Å². The standard InChI is InChI=1S/C20H23N/c1-2-7-16(8-3-1)15-21-14-13-18(17-9-6-10-17)19-11-4-5-12-20(19)21/h1-5,7-8,11-12,17-18H,6,9-10,13-15H2/t18-/m0/s1. The fourth-order valence-electron chi connectivity index (χ4n) is 3.96. The van der Waals surface area contributed by atoms with Crippen molar-refractivity contribution in [3.05, 3.63) is 65.7 Å². The number of fused-ring (bicyclic) bond motifs is 1. The molecule has 0 spiro atoms. The van der Waals surface area contributed by atoms with Crippen molar-refractivity contribution in [2.75, 3.05) is 11.4 Å². The van der Waals surface area contributed by atoms with Gasteiger partial charge in [-0.15, -0.1) is 0 Å². The normalized spacial score (nSPS) is 21.7. The highest BCUT2D eigenvalue weighted by atomic mass is 15.1. The summed E-state index contributed by atoms with van der Waals surface area (Å²) in [6, 6.07) is 20.0. The van der Waals surface area contributed by atoms with Crippen LogP contribution in [0.1, 0.15) is 42.7 Å². The van der Waals surface area contributed by atoms with Crippen LogP contribution in [0.25, 0.3) is 0 Å². The third-order valence-electron chi connectivity index (χ3n) is 5.32. The summed E-state index contributed by atoms with van der Waals surface area (Å²) in [6.45, 7) is 2.24. The quantitative estimate of drug-likeness (QED) is 0.764. The number of hydrogen-bond donors (Lipinski definition) is 0. The van der Waals surface area contributed by atoms with Crippen LogP contribution in [-0.2, 0) is 6.54 Å². The van der Waals surface area contributed by atoms with Gasteiger partial charge < -0.3 is 4.90 Å². The van der Waals surface area contributed by atoms with Gasteiger partial charge in [0.25, 0.3) is 0 Å². The third-order valence-corrected chi connectivity index (χ3v) is 5.32. The van der Waals surface area contributed by atoms with Crippen LogP contribution >= 0.6 is 0 Å². The van der Waals surface area contributed by atoms with Gasteiger partial charge in [0.1, 0.15) is 0 Å². The first kappa shape index (κ1) is 12.9. The Bertz CT molecular complexity index is 600. The lowest BCUT2D eigenvalue weighted by Crippen LogP contribution is -2.34. The molecule has 1 fully saturated rings. The zero-order valence-corrected chi connectivity index (χ0v) is 12.5. The van der Waals surface area contributed by atoms with Crippen molar-refractivity contribution in [1.82, 2.24) is 0 Å². The Labute approximate surface area is 127 Å². The Morgan fingerprint density at radius 3 is 2.38 bits per heavy atom. The maximum absolute atomic E-state index is 2.57. The van der Waals surface area contributed by atoms with E-state index in [2.05, 4.69) is 59.5 Å². The number of anilines is 1. The second-order valence-corrected chi connectivity index (χ2v) is 6.55. The summed E-state index contributed by atoms with van der Waals surface area (Å²) >= 11 is 0. The minimum absolute atomic E-state index is 0.807. The van der Waals surface area contributed by atoms with Crippen molar-refractivity contribution in [2.24, 2.45) is 5.92 Å². The van der Waals surface area contributed by atoms with Crippen LogP contribution in [0.15, 0.2) is 54.6 Å². The van der Waals surface area contributed by atoms with E-state index in [0.717, 1.165) is 18.4 Å². The molecular weight excluding hydrogens is 254 g/mol. The molecule has 0 bridgehead atoms. The van der Waals surface area contributed by atoms with Crippen molar-refractivity contribution in [3.63, 3.8) is 0 Å². The molecule has 0 aromatic heterocycles. The van der Waals surface area contributed by atoms with Crippen LogP contribution in [0, 0.1) is 5.92 Å². The molecular formula is C20H23N. The Morgan fingerprint density at radius 2 is 1.62 bits per heavy atom. The van der Waals surface area contributed by atoms with Gasteiger partial charge in [0.15, 0.2) is 0 Å². The van der Waals surface area contributed by atoms with E-state index in [1.54, 1.807) is 5.56 Å². The average Bonchev–Trinajstić information content (AvgIpc) is 2.49.